The largest absolute Gasteiger partial charge is 0.484 e. The summed E-state index contributed by atoms with van der Waals surface area (Å²) >= 11 is 5.87. The van der Waals surface area contributed by atoms with E-state index < -0.39 is 0 Å². The minimum atomic E-state index is -0.0298. The Labute approximate surface area is 158 Å². The summed E-state index contributed by atoms with van der Waals surface area (Å²) in [6, 6.07) is 13.4. The summed E-state index contributed by atoms with van der Waals surface area (Å²) in [6.45, 7) is 3.97. The molecule has 5 nitrogen and oxygen atoms in total. The third kappa shape index (κ3) is 3.64. The molecule has 136 valence electrons. The first-order valence-electron chi connectivity index (χ1n) is 8.85. The molecule has 26 heavy (non-hydrogen) atoms. The van der Waals surface area contributed by atoms with E-state index in [1.54, 1.807) is 24.3 Å². The van der Waals surface area contributed by atoms with Crippen molar-refractivity contribution < 1.29 is 14.3 Å². The summed E-state index contributed by atoms with van der Waals surface area (Å²) in [5, 5.41) is 0.646. The van der Waals surface area contributed by atoms with Gasteiger partial charge in [-0.1, -0.05) is 17.7 Å². The molecule has 6 heteroatoms. The van der Waals surface area contributed by atoms with Crippen molar-refractivity contribution in [1.29, 1.82) is 0 Å². The highest BCUT2D eigenvalue weighted by atomic mass is 35.5. The molecule has 2 aliphatic rings. The molecule has 1 fully saturated rings. The van der Waals surface area contributed by atoms with E-state index in [2.05, 4.69) is 23.1 Å². The first-order valence-corrected chi connectivity index (χ1v) is 9.23. The molecule has 0 spiro atoms. The molecule has 2 aromatic carbocycles. The highest BCUT2D eigenvalue weighted by Crippen LogP contribution is 2.32. The number of rotatable bonds is 4. The molecule has 0 atom stereocenters. The van der Waals surface area contributed by atoms with Crippen LogP contribution in [-0.2, 0) is 16.0 Å². The van der Waals surface area contributed by atoms with Gasteiger partial charge in [-0.2, -0.15) is 0 Å². The molecule has 0 unspecified atom stereocenters. The van der Waals surface area contributed by atoms with Crippen LogP contribution in [0.1, 0.15) is 5.56 Å². The number of fused-ring (bicyclic) bond motifs is 1. The zero-order valence-electron chi connectivity index (χ0n) is 14.5. The summed E-state index contributed by atoms with van der Waals surface area (Å²) in [6.07, 6.45) is 0.880. The molecule has 0 radical (unpaired) electrons. The van der Waals surface area contributed by atoms with E-state index in [-0.39, 0.29) is 12.5 Å². The Morgan fingerprint density at radius 3 is 2.62 bits per heavy atom. The normalized spacial score (nSPS) is 16.5. The second-order valence-electron chi connectivity index (χ2n) is 6.45. The zero-order chi connectivity index (χ0) is 17.9. The van der Waals surface area contributed by atoms with Gasteiger partial charge in [-0.3, -0.25) is 4.79 Å². The van der Waals surface area contributed by atoms with Gasteiger partial charge in [-0.05, 0) is 48.4 Å². The number of carbonyl (C=O) groups is 1. The van der Waals surface area contributed by atoms with Crippen LogP contribution in [0.2, 0.25) is 5.02 Å². The van der Waals surface area contributed by atoms with Crippen molar-refractivity contribution in [2.24, 2.45) is 0 Å². The van der Waals surface area contributed by atoms with Crippen LogP contribution in [0.15, 0.2) is 42.5 Å². The molecule has 4 rings (SSSR count). The number of amides is 1. The van der Waals surface area contributed by atoms with E-state index in [4.69, 9.17) is 21.1 Å². The van der Waals surface area contributed by atoms with Gasteiger partial charge in [0.15, 0.2) is 6.61 Å². The van der Waals surface area contributed by atoms with Crippen molar-refractivity contribution in [2.75, 3.05) is 49.3 Å². The molecule has 0 bridgehead atoms. The predicted molar refractivity (Wildman–Crippen MR) is 102 cm³/mol. The van der Waals surface area contributed by atoms with Gasteiger partial charge in [0.2, 0.25) is 0 Å². The Kier molecular flexibility index (Phi) is 5.00. The average molecular weight is 373 g/mol. The van der Waals surface area contributed by atoms with Gasteiger partial charge >= 0.3 is 0 Å². The van der Waals surface area contributed by atoms with Crippen molar-refractivity contribution in [3.05, 3.63) is 53.1 Å². The van der Waals surface area contributed by atoms with E-state index in [1.165, 1.54) is 5.56 Å². The molecule has 0 N–H and O–H groups in total. The quantitative estimate of drug-likeness (QED) is 0.826. The number of hydrogen-bond donors (Lipinski definition) is 0. The second kappa shape index (κ2) is 7.56. The maximum absolute atomic E-state index is 12.7. The number of nitrogens with zero attached hydrogens (tertiary/aromatic N) is 2. The van der Waals surface area contributed by atoms with Gasteiger partial charge in [0.25, 0.3) is 5.91 Å². The van der Waals surface area contributed by atoms with Gasteiger partial charge in [0.1, 0.15) is 5.75 Å². The standard InChI is InChI=1S/C20H21ClN2O3/c21-16-2-5-18(6-3-16)26-14-20(24)23-8-7-15-1-4-17(13-19(15)23)22-9-11-25-12-10-22/h1-6,13H,7-12,14H2. The fraction of sp³-hybridized carbons (Fsp3) is 0.350. The van der Waals surface area contributed by atoms with Crippen LogP contribution in [0, 0.1) is 0 Å². The third-order valence-corrected chi connectivity index (χ3v) is 5.07. The van der Waals surface area contributed by atoms with Gasteiger partial charge < -0.3 is 19.3 Å². The molecule has 0 aliphatic carbocycles. The maximum Gasteiger partial charge on any atom is 0.264 e. The number of halogens is 1. The van der Waals surface area contributed by atoms with Crippen LogP contribution in [0.5, 0.6) is 5.75 Å². The molecule has 0 saturated carbocycles. The first kappa shape index (κ1) is 17.2. The minimum absolute atomic E-state index is 0.0167. The Morgan fingerprint density at radius 2 is 1.85 bits per heavy atom. The monoisotopic (exact) mass is 372 g/mol. The lowest BCUT2D eigenvalue weighted by molar-refractivity contribution is -0.120. The molecule has 2 aromatic rings. The Hall–Kier alpha value is -2.24. The van der Waals surface area contributed by atoms with Crippen molar-refractivity contribution in [3.8, 4) is 5.75 Å². The summed E-state index contributed by atoms with van der Waals surface area (Å²) in [4.78, 5) is 16.8. The van der Waals surface area contributed by atoms with E-state index in [0.29, 0.717) is 17.3 Å². The third-order valence-electron chi connectivity index (χ3n) is 4.82. The zero-order valence-corrected chi connectivity index (χ0v) is 15.2. The molecule has 0 aromatic heterocycles. The summed E-state index contributed by atoms with van der Waals surface area (Å²) in [5.41, 5.74) is 3.35. The topological polar surface area (TPSA) is 42.0 Å². The number of benzene rings is 2. The van der Waals surface area contributed by atoms with Gasteiger partial charge in [0.05, 0.1) is 13.2 Å². The van der Waals surface area contributed by atoms with Gasteiger partial charge in [0, 0.05) is 36.0 Å². The van der Waals surface area contributed by atoms with Crippen LogP contribution < -0.4 is 14.5 Å². The van der Waals surface area contributed by atoms with Crippen molar-refractivity contribution in [2.45, 2.75) is 6.42 Å². The first-order chi connectivity index (χ1) is 12.7. The fourth-order valence-electron chi connectivity index (χ4n) is 3.40. The highest BCUT2D eigenvalue weighted by Gasteiger charge is 2.26. The molecule has 2 heterocycles. The van der Waals surface area contributed by atoms with Gasteiger partial charge in [-0.25, -0.2) is 0 Å². The smallest absolute Gasteiger partial charge is 0.264 e. The minimum Gasteiger partial charge on any atom is -0.484 e. The van der Waals surface area contributed by atoms with Crippen LogP contribution in [0.25, 0.3) is 0 Å². The summed E-state index contributed by atoms with van der Waals surface area (Å²) in [7, 11) is 0. The van der Waals surface area contributed by atoms with E-state index >= 15 is 0 Å². The maximum atomic E-state index is 12.7. The van der Waals surface area contributed by atoms with E-state index in [0.717, 1.165) is 44.1 Å². The number of anilines is 2. The number of ether oxygens (including phenoxy) is 2. The fourth-order valence-corrected chi connectivity index (χ4v) is 3.52. The molecule has 1 amide bonds. The van der Waals surface area contributed by atoms with Crippen LogP contribution >= 0.6 is 11.6 Å². The molecule has 1 saturated heterocycles. The molecular weight excluding hydrogens is 352 g/mol. The van der Waals surface area contributed by atoms with Crippen molar-refractivity contribution in [3.63, 3.8) is 0 Å². The Bertz CT molecular complexity index is 788. The Balaban J connectivity index is 1.45. The average Bonchev–Trinajstić information content (AvgIpc) is 3.11. The molecule has 2 aliphatic heterocycles. The van der Waals surface area contributed by atoms with Crippen molar-refractivity contribution in [1.82, 2.24) is 0 Å². The highest BCUT2D eigenvalue weighted by molar-refractivity contribution is 6.30. The van der Waals surface area contributed by atoms with Crippen LogP contribution in [0.4, 0.5) is 11.4 Å². The van der Waals surface area contributed by atoms with Crippen LogP contribution in [0.3, 0.4) is 0 Å². The second-order valence-corrected chi connectivity index (χ2v) is 6.89. The SMILES string of the molecule is O=C(COc1ccc(Cl)cc1)N1CCc2ccc(N3CCOCC3)cc21. The lowest BCUT2D eigenvalue weighted by atomic mass is 10.1. The van der Waals surface area contributed by atoms with Crippen molar-refractivity contribution >= 4 is 28.9 Å². The van der Waals surface area contributed by atoms with E-state index in [9.17, 15) is 4.79 Å². The number of carbonyl (C=O) groups excluding carboxylic acids is 1. The summed E-state index contributed by atoms with van der Waals surface area (Å²) in [5.74, 6) is 0.613. The van der Waals surface area contributed by atoms with E-state index in [1.807, 2.05) is 4.90 Å². The number of morpholine rings is 1. The molecular formula is C20H21ClN2O3. The van der Waals surface area contributed by atoms with Gasteiger partial charge in [-0.15, -0.1) is 0 Å². The lowest BCUT2D eigenvalue weighted by Gasteiger charge is -2.29. The van der Waals surface area contributed by atoms with Crippen LogP contribution in [-0.4, -0.2) is 45.4 Å². The lowest BCUT2D eigenvalue weighted by Crippen LogP contribution is -2.36. The number of hydrogen-bond acceptors (Lipinski definition) is 4. The predicted octanol–water partition coefficient (Wildman–Crippen LogP) is 3.14. The Morgan fingerprint density at radius 1 is 1.08 bits per heavy atom. The summed E-state index contributed by atoms with van der Waals surface area (Å²) < 4.78 is 11.0.